The van der Waals surface area contributed by atoms with Crippen molar-refractivity contribution in [3.63, 3.8) is 0 Å². The third kappa shape index (κ3) is 4.59. The highest BCUT2D eigenvalue weighted by molar-refractivity contribution is 5.97. The van der Waals surface area contributed by atoms with E-state index in [2.05, 4.69) is 54.5 Å². The number of unbranched alkanes of at least 4 members (excludes halogenated alkanes) is 1. The van der Waals surface area contributed by atoms with E-state index in [0.29, 0.717) is 12.2 Å². The minimum Gasteiger partial charge on any atom is -0.493 e. The summed E-state index contributed by atoms with van der Waals surface area (Å²) < 4.78 is 6.04. The number of ether oxygens (including phenoxy) is 1. The van der Waals surface area contributed by atoms with Crippen molar-refractivity contribution in [1.82, 2.24) is 0 Å². The van der Waals surface area contributed by atoms with Crippen molar-refractivity contribution in [2.75, 3.05) is 6.61 Å². The van der Waals surface area contributed by atoms with Gasteiger partial charge in [0.05, 0.1) is 12.2 Å². The lowest BCUT2D eigenvalue weighted by Gasteiger charge is -2.29. The van der Waals surface area contributed by atoms with Crippen LogP contribution >= 0.6 is 0 Å². The highest BCUT2D eigenvalue weighted by atomic mass is 16.5. The Morgan fingerprint density at radius 2 is 1.64 bits per heavy atom. The molecule has 1 rings (SSSR count). The topological polar surface area (TPSA) is 26.3 Å². The largest absolute Gasteiger partial charge is 0.493 e. The normalized spacial score (nSPS) is 12.4. The Bertz CT molecular complexity index is 528. The van der Waals surface area contributed by atoms with Crippen LogP contribution in [0, 0.1) is 0 Å². The molecule has 2 nitrogen and oxygen atoms in total. The SMILES string of the molecule is CCCCOc1c(C(C)=O)cc(C(C)(C)C)cc1C(C)(C)C. The maximum absolute atomic E-state index is 12.2. The number of hydrogen-bond donors (Lipinski definition) is 0. The standard InChI is InChI=1S/C20H32O2/c1-9-10-11-22-18-16(14(2)21)12-15(19(3,4)5)13-17(18)20(6,7)8/h12-13H,9-11H2,1-8H3. The Morgan fingerprint density at radius 3 is 2.05 bits per heavy atom. The average molecular weight is 304 g/mol. The molecule has 1 aromatic carbocycles. The van der Waals surface area contributed by atoms with Gasteiger partial charge in [0.2, 0.25) is 0 Å². The zero-order chi connectivity index (χ0) is 17.1. The summed E-state index contributed by atoms with van der Waals surface area (Å²) in [5, 5.41) is 0. The van der Waals surface area contributed by atoms with Crippen molar-refractivity contribution in [2.45, 2.75) is 79.1 Å². The number of carbonyl (C=O) groups is 1. The molecule has 0 N–H and O–H groups in total. The molecule has 1 aromatic rings. The molecule has 124 valence electrons. The molecule has 0 saturated heterocycles. The van der Waals surface area contributed by atoms with Gasteiger partial charge < -0.3 is 4.74 Å². The second kappa shape index (κ2) is 6.85. The van der Waals surface area contributed by atoms with Gasteiger partial charge in [0.15, 0.2) is 5.78 Å². The lowest BCUT2D eigenvalue weighted by Crippen LogP contribution is -2.20. The number of Topliss-reactive ketones (excluding diaryl/α,β-unsaturated/α-hetero) is 1. The van der Waals surface area contributed by atoms with Crippen LogP contribution in [0.5, 0.6) is 5.75 Å². The van der Waals surface area contributed by atoms with E-state index in [1.807, 2.05) is 6.07 Å². The third-order valence-corrected chi connectivity index (χ3v) is 3.89. The Hall–Kier alpha value is -1.31. The first-order valence-electron chi connectivity index (χ1n) is 8.31. The van der Waals surface area contributed by atoms with Crippen LogP contribution in [-0.4, -0.2) is 12.4 Å². The third-order valence-electron chi connectivity index (χ3n) is 3.89. The van der Waals surface area contributed by atoms with Gasteiger partial charge >= 0.3 is 0 Å². The molecule has 0 aliphatic rings. The summed E-state index contributed by atoms with van der Waals surface area (Å²) in [7, 11) is 0. The minimum absolute atomic E-state index is 0.00610. The predicted molar refractivity (Wildman–Crippen MR) is 94.2 cm³/mol. The second-order valence-electron chi connectivity index (χ2n) is 8.16. The van der Waals surface area contributed by atoms with Gasteiger partial charge in [0, 0.05) is 5.56 Å². The Kier molecular flexibility index (Phi) is 5.83. The maximum Gasteiger partial charge on any atom is 0.163 e. The molecule has 0 heterocycles. The molecule has 0 aliphatic carbocycles. The van der Waals surface area contributed by atoms with Gasteiger partial charge in [0.25, 0.3) is 0 Å². The Labute approximate surface area is 136 Å². The van der Waals surface area contributed by atoms with E-state index >= 15 is 0 Å². The fraction of sp³-hybridized carbons (Fsp3) is 0.650. The number of carbonyl (C=O) groups excluding carboxylic acids is 1. The average Bonchev–Trinajstić information content (AvgIpc) is 2.36. The van der Waals surface area contributed by atoms with Crippen LogP contribution in [0.1, 0.15) is 89.7 Å². The van der Waals surface area contributed by atoms with Crippen LogP contribution in [0.2, 0.25) is 0 Å². The summed E-state index contributed by atoms with van der Waals surface area (Å²) in [6, 6.07) is 4.23. The maximum atomic E-state index is 12.2. The molecule has 0 saturated carbocycles. The Balaban J connectivity index is 3.52. The van der Waals surface area contributed by atoms with Crippen LogP contribution in [0.25, 0.3) is 0 Å². The van der Waals surface area contributed by atoms with E-state index in [1.165, 1.54) is 5.56 Å². The zero-order valence-electron chi connectivity index (χ0n) is 15.6. The van der Waals surface area contributed by atoms with Crippen molar-refractivity contribution in [3.8, 4) is 5.75 Å². The molecule has 0 spiro atoms. The smallest absolute Gasteiger partial charge is 0.163 e. The van der Waals surface area contributed by atoms with E-state index in [0.717, 1.165) is 24.2 Å². The van der Waals surface area contributed by atoms with E-state index in [9.17, 15) is 4.79 Å². The van der Waals surface area contributed by atoms with E-state index < -0.39 is 0 Å². The summed E-state index contributed by atoms with van der Waals surface area (Å²) in [5.41, 5.74) is 2.97. The predicted octanol–water partition coefficient (Wildman–Crippen LogP) is 5.66. The van der Waals surface area contributed by atoms with Gasteiger partial charge in [0.1, 0.15) is 5.75 Å². The molecule has 0 radical (unpaired) electrons. The minimum atomic E-state index is -0.0625. The van der Waals surface area contributed by atoms with Gasteiger partial charge in [-0.3, -0.25) is 4.79 Å². The second-order valence-corrected chi connectivity index (χ2v) is 8.16. The molecule has 2 heteroatoms. The van der Waals surface area contributed by atoms with Crippen molar-refractivity contribution in [1.29, 1.82) is 0 Å². The molecule has 22 heavy (non-hydrogen) atoms. The van der Waals surface area contributed by atoms with Gasteiger partial charge in [-0.25, -0.2) is 0 Å². The first kappa shape index (κ1) is 18.7. The number of benzene rings is 1. The van der Waals surface area contributed by atoms with Crippen molar-refractivity contribution < 1.29 is 9.53 Å². The highest BCUT2D eigenvalue weighted by Crippen LogP contribution is 2.38. The zero-order valence-corrected chi connectivity index (χ0v) is 15.6. The molecular formula is C20H32O2. The van der Waals surface area contributed by atoms with Crippen molar-refractivity contribution >= 4 is 5.78 Å². The fourth-order valence-corrected chi connectivity index (χ4v) is 2.35. The molecule has 0 aliphatic heterocycles. The van der Waals surface area contributed by atoms with Gasteiger partial charge in [-0.15, -0.1) is 0 Å². The molecular weight excluding hydrogens is 272 g/mol. The molecule has 0 aromatic heterocycles. The number of rotatable bonds is 5. The van der Waals surface area contributed by atoms with Crippen molar-refractivity contribution in [2.24, 2.45) is 0 Å². The van der Waals surface area contributed by atoms with E-state index in [1.54, 1.807) is 6.92 Å². The molecule has 0 unspecified atom stereocenters. The summed E-state index contributed by atoms with van der Waals surface area (Å²) in [4.78, 5) is 12.2. The lowest BCUT2D eigenvalue weighted by atomic mass is 9.78. The molecule has 0 bridgehead atoms. The molecule has 0 amide bonds. The first-order valence-corrected chi connectivity index (χ1v) is 8.31. The van der Waals surface area contributed by atoms with Crippen LogP contribution < -0.4 is 4.74 Å². The summed E-state index contributed by atoms with van der Waals surface area (Å²) in [5.74, 6) is 0.851. The van der Waals surface area contributed by atoms with E-state index in [4.69, 9.17) is 4.74 Å². The fourth-order valence-electron chi connectivity index (χ4n) is 2.35. The van der Waals surface area contributed by atoms with Crippen LogP contribution in [0.3, 0.4) is 0 Å². The van der Waals surface area contributed by atoms with Crippen molar-refractivity contribution in [3.05, 3.63) is 28.8 Å². The number of hydrogen-bond acceptors (Lipinski definition) is 2. The first-order chi connectivity index (χ1) is 9.98. The lowest BCUT2D eigenvalue weighted by molar-refractivity contribution is 0.101. The summed E-state index contributed by atoms with van der Waals surface area (Å²) in [6.45, 7) is 17.5. The molecule has 0 atom stereocenters. The summed E-state index contributed by atoms with van der Waals surface area (Å²) in [6.07, 6.45) is 2.09. The van der Waals surface area contributed by atoms with E-state index in [-0.39, 0.29) is 16.6 Å². The van der Waals surface area contributed by atoms with Crippen LogP contribution in [-0.2, 0) is 10.8 Å². The quantitative estimate of drug-likeness (QED) is 0.518. The highest BCUT2D eigenvalue weighted by Gasteiger charge is 2.27. The Morgan fingerprint density at radius 1 is 1.05 bits per heavy atom. The van der Waals surface area contributed by atoms with Gasteiger partial charge in [-0.05, 0) is 35.8 Å². The van der Waals surface area contributed by atoms with Gasteiger partial charge in [-0.2, -0.15) is 0 Å². The molecule has 0 fully saturated rings. The summed E-state index contributed by atoms with van der Waals surface area (Å²) >= 11 is 0. The van der Waals surface area contributed by atoms with Gasteiger partial charge in [-0.1, -0.05) is 61.0 Å². The monoisotopic (exact) mass is 304 g/mol. The number of ketones is 1. The van der Waals surface area contributed by atoms with Crippen LogP contribution in [0.15, 0.2) is 12.1 Å². The van der Waals surface area contributed by atoms with Crippen LogP contribution in [0.4, 0.5) is 0 Å².